The van der Waals surface area contributed by atoms with E-state index in [0.717, 1.165) is 81.0 Å². The fraction of sp³-hybridized carbons (Fsp3) is 0.429. The van der Waals surface area contributed by atoms with E-state index in [1.807, 2.05) is 54.6 Å². The van der Waals surface area contributed by atoms with E-state index < -0.39 is 17.7 Å². The maximum atomic E-state index is 13.5. The van der Waals surface area contributed by atoms with Crippen LogP contribution in [0, 0.1) is 5.82 Å². The van der Waals surface area contributed by atoms with E-state index in [9.17, 15) is 19.1 Å². The van der Waals surface area contributed by atoms with E-state index >= 15 is 0 Å². The predicted molar refractivity (Wildman–Crippen MR) is 169 cm³/mol. The molecule has 4 rings (SSSR count). The van der Waals surface area contributed by atoms with Gasteiger partial charge in [0, 0.05) is 32.2 Å². The summed E-state index contributed by atoms with van der Waals surface area (Å²) in [5.74, 6) is -1.72. The monoisotopic (exact) mass is 589 g/mol. The van der Waals surface area contributed by atoms with E-state index in [0.29, 0.717) is 6.54 Å². The molecule has 1 heterocycles. The van der Waals surface area contributed by atoms with Gasteiger partial charge in [-0.1, -0.05) is 86.7 Å². The van der Waals surface area contributed by atoms with Crippen molar-refractivity contribution >= 4 is 17.7 Å². The zero-order valence-corrected chi connectivity index (χ0v) is 25.1. The Morgan fingerprint density at radius 3 is 2.28 bits per heavy atom. The first-order chi connectivity index (χ1) is 20.9. The van der Waals surface area contributed by atoms with Crippen LogP contribution in [0.1, 0.15) is 68.1 Å². The minimum Gasteiger partial charge on any atom is -0.504 e. The molecule has 0 bridgehead atoms. The van der Waals surface area contributed by atoms with Gasteiger partial charge in [0.25, 0.3) is 5.91 Å². The molecule has 0 unspecified atom stereocenters. The van der Waals surface area contributed by atoms with Crippen molar-refractivity contribution in [2.45, 2.75) is 63.9 Å². The van der Waals surface area contributed by atoms with Crippen LogP contribution in [0.2, 0.25) is 0 Å². The molecule has 1 aliphatic heterocycles. The smallest absolute Gasteiger partial charge is 0.411 e. The Morgan fingerprint density at radius 1 is 0.884 bits per heavy atom. The maximum Gasteiger partial charge on any atom is 0.411 e. The Morgan fingerprint density at radius 2 is 1.53 bits per heavy atom. The number of hydrogen-bond donors (Lipinski definition) is 2. The fourth-order valence-corrected chi connectivity index (χ4v) is 5.57. The predicted octanol–water partition coefficient (Wildman–Crippen LogP) is 7.71. The number of hydrogen-bond acceptors (Lipinski definition) is 5. The van der Waals surface area contributed by atoms with Gasteiger partial charge in [0.1, 0.15) is 6.10 Å². The lowest BCUT2D eigenvalue weighted by Crippen LogP contribution is -2.38. The van der Waals surface area contributed by atoms with Crippen molar-refractivity contribution in [3.05, 3.63) is 84.2 Å². The minimum atomic E-state index is -0.778. The normalized spacial score (nSPS) is 13.9. The number of carbonyl (C=O) groups is 2. The first-order valence-electron chi connectivity index (χ1n) is 15.5. The number of phenolic OH excluding ortho intramolecular Hbond substituents is 1. The molecule has 1 saturated heterocycles. The Labute approximate surface area is 254 Å². The van der Waals surface area contributed by atoms with Gasteiger partial charge in [-0.2, -0.15) is 0 Å². The number of likely N-dealkylation sites (tertiary alicyclic amines) is 1. The second kappa shape index (κ2) is 16.7. The van der Waals surface area contributed by atoms with Crippen LogP contribution in [-0.2, 0) is 4.74 Å². The molecule has 2 N–H and O–H groups in total. The minimum absolute atomic E-state index is 0.00503. The largest absolute Gasteiger partial charge is 0.504 e. The highest BCUT2D eigenvalue weighted by Gasteiger charge is 2.22. The second-order valence-electron chi connectivity index (χ2n) is 11.3. The average molecular weight is 590 g/mol. The standard InChI is InChI=1S/C35H44FN3O4/c1-38(34(41)30-18-14-19-31(36)33(30)40)23-12-5-3-2-4-6-13-24-39-25-21-28(22-26-39)43-35(42)37-32-20-11-10-17-29(32)27-15-8-7-9-16-27/h7-11,14-20,28,40H,2-6,12-13,21-26H2,1H3,(H,37,42). The number of aromatic hydroxyl groups is 1. The van der Waals surface area contributed by atoms with Crippen LogP contribution in [0.4, 0.5) is 14.9 Å². The van der Waals surface area contributed by atoms with Crippen molar-refractivity contribution < 1.29 is 23.8 Å². The summed E-state index contributed by atoms with van der Waals surface area (Å²) >= 11 is 0. The number of para-hydroxylation sites is 2. The third kappa shape index (κ3) is 9.82. The summed E-state index contributed by atoms with van der Waals surface area (Å²) in [5, 5.41) is 12.7. The molecule has 0 saturated carbocycles. The topological polar surface area (TPSA) is 82.1 Å². The van der Waals surface area contributed by atoms with Gasteiger partial charge in [0.2, 0.25) is 0 Å². The SMILES string of the molecule is CN(CCCCCCCCCN1CCC(OC(=O)Nc2ccccc2-c2ccccc2)CC1)C(=O)c1cccc(F)c1O. The van der Waals surface area contributed by atoms with Crippen LogP contribution in [0.5, 0.6) is 5.75 Å². The van der Waals surface area contributed by atoms with Crippen molar-refractivity contribution in [1.82, 2.24) is 9.80 Å². The second-order valence-corrected chi connectivity index (χ2v) is 11.3. The van der Waals surface area contributed by atoms with Gasteiger partial charge in [0.15, 0.2) is 11.6 Å². The van der Waals surface area contributed by atoms with Crippen LogP contribution in [0.15, 0.2) is 72.8 Å². The van der Waals surface area contributed by atoms with E-state index in [2.05, 4.69) is 10.2 Å². The van der Waals surface area contributed by atoms with Crippen LogP contribution in [0.25, 0.3) is 11.1 Å². The van der Waals surface area contributed by atoms with Gasteiger partial charge in [-0.05, 0) is 56.0 Å². The summed E-state index contributed by atoms with van der Waals surface area (Å²) < 4.78 is 19.3. The molecule has 1 fully saturated rings. The number of nitrogens with one attached hydrogen (secondary N) is 1. The van der Waals surface area contributed by atoms with Crippen molar-refractivity contribution in [2.24, 2.45) is 0 Å². The molecule has 0 radical (unpaired) electrons. The van der Waals surface area contributed by atoms with E-state index in [4.69, 9.17) is 4.74 Å². The van der Waals surface area contributed by atoms with Crippen molar-refractivity contribution in [2.75, 3.05) is 38.5 Å². The number of rotatable bonds is 14. The average Bonchev–Trinajstić information content (AvgIpc) is 3.02. The van der Waals surface area contributed by atoms with Crippen LogP contribution in [0.3, 0.4) is 0 Å². The summed E-state index contributed by atoms with van der Waals surface area (Å²) in [6, 6.07) is 21.8. The van der Waals surface area contributed by atoms with Gasteiger partial charge in [-0.15, -0.1) is 0 Å². The molecule has 0 aliphatic carbocycles. The highest BCUT2D eigenvalue weighted by molar-refractivity contribution is 5.96. The summed E-state index contributed by atoms with van der Waals surface area (Å²) in [5.41, 5.74) is 2.78. The van der Waals surface area contributed by atoms with Crippen LogP contribution in [-0.4, -0.2) is 66.2 Å². The maximum absolute atomic E-state index is 13.5. The van der Waals surface area contributed by atoms with E-state index in [1.54, 1.807) is 11.9 Å². The number of benzene rings is 3. The molecule has 0 atom stereocenters. The summed E-state index contributed by atoms with van der Waals surface area (Å²) in [6.07, 6.45) is 8.99. The number of phenols is 1. The van der Waals surface area contributed by atoms with Crippen molar-refractivity contribution in [3.8, 4) is 16.9 Å². The molecule has 7 nitrogen and oxygen atoms in total. The van der Waals surface area contributed by atoms with Crippen LogP contribution >= 0.6 is 0 Å². The number of amides is 2. The molecule has 1 aliphatic rings. The highest BCUT2D eigenvalue weighted by Crippen LogP contribution is 2.28. The first kappa shape index (κ1) is 32.0. The lowest BCUT2D eigenvalue weighted by Gasteiger charge is -2.31. The highest BCUT2D eigenvalue weighted by atomic mass is 19.1. The fourth-order valence-electron chi connectivity index (χ4n) is 5.57. The molecular weight excluding hydrogens is 545 g/mol. The van der Waals surface area contributed by atoms with Crippen molar-refractivity contribution in [3.63, 3.8) is 0 Å². The van der Waals surface area contributed by atoms with E-state index in [-0.39, 0.29) is 17.6 Å². The molecule has 43 heavy (non-hydrogen) atoms. The molecule has 0 aromatic heterocycles. The first-order valence-corrected chi connectivity index (χ1v) is 15.5. The molecule has 0 spiro atoms. The van der Waals surface area contributed by atoms with Crippen molar-refractivity contribution in [1.29, 1.82) is 0 Å². The molecule has 2 amide bonds. The number of carbonyl (C=O) groups excluding carboxylic acids is 2. The lowest BCUT2D eigenvalue weighted by atomic mass is 10.0. The number of halogens is 1. The molecule has 3 aromatic carbocycles. The number of nitrogens with zero attached hydrogens (tertiary/aromatic N) is 2. The zero-order valence-electron chi connectivity index (χ0n) is 25.1. The molecule has 8 heteroatoms. The molecular formula is C35H44FN3O4. The quantitative estimate of drug-likeness (QED) is 0.188. The van der Waals surface area contributed by atoms with E-state index in [1.165, 1.54) is 31.4 Å². The number of ether oxygens (including phenoxy) is 1. The lowest BCUT2D eigenvalue weighted by molar-refractivity contribution is 0.0584. The molecule has 3 aromatic rings. The molecule has 230 valence electrons. The summed E-state index contributed by atoms with van der Waals surface area (Å²) in [6.45, 7) is 3.54. The number of unbranched alkanes of at least 4 members (excludes halogenated alkanes) is 6. The van der Waals surface area contributed by atoms with Gasteiger partial charge in [-0.3, -0.25) is 10.1 Å². The van der Waals surface area contributed by atoms with Gasteiger partial charge < -0.3 is 19.6 Å². The van der Waals surface area contributed by atoms with Gasteiger partial charge in [-0.25, -0.2) is 9.18 Å². The Balaban J connectivity index is 1.02. The number of piperidine rings is 1. The van der Waals surface area contributed by atoms with Crippen LogP contribution < -0.4 is 5.32 Å². The Hall–Kier alpha value is -3.91. The third-order valence-corrected chi connectivity index (χ3v) is 8.09. The zero-order chi connectivity index (χ0) is 30.4. The third-order valence-electron chi connectivity index (χ3n) is 8.09. The number of anilines is 1. The summed E-state index contributed by atoms with van der Waals surface area (Å²) in [7, 11) is 1.68. The Kier molecular flexibility index (Phi) is 12.4. The summed E-state index contributed by atoms with van der Waals surface area (Å²) in [4.78, 5) is 29.1. The van der Waals surface area contributed by atoms with Gasteiger partial charge in [0.05, 0.1) is 11.3 Å². The van der Waals surface area contributed by atoms with Gasteiger partial charge >= 0.3 is 6.09 Å². The Bertz CT molecular complexity index is 1310.